The van der Waals surface area contributed by atoms with Gasteiger partial charge in [-0.25, -0.2) is 4.99 Å². The lowest BCUT2D eigenvalue weighted by atomic mass is 9.95. The van der Waals surface area contributed by atoms with Crippen LogP contribution in [-0.4, -0.2) is 10.4 Å². The van der Waals surface area contributed by atoms with Gasteiger partial charge in [0, 0.05) is 27.6 Å². The number of hydrogen-bond donors (Lipinski definition) is 1. The Balaban J connectivity index is 1.26. The molecule has 8 aromatic rings. The Morgan fingerprint density at radius 2 is 1.20 bits per heavy atom. The number of amidine groups is 1. The van der Waals surface area contributed by atoms with Crippen molar-refractivity contribution < 1.29 is 0 Å². The van der Waals surface area contributed by atoms with E-state index in [1.165, 1.54) is 60.4 Å². The van der Waals surface area contributed by atoms with Gasteiger partial charge in [0.25, 0.3) is 0 Å². The first-order valence-corrected chi connectivity index (χ1v) is 17.5. The minimum absolute atomic E-state index is 0.00594. The van der Waals surface area contributed by atoms with E-state index in [0.717, 1.165) is 34.8 Å². The van der Waals surface area contributed by atoms with E-state index in [-0.39, 0.29) is 6.04 Å². The molecule has 1 aromatic heterocycles. The highest BCUT2D eigenvalue weighted by Crippen LogP contribution is 2.44. The second kappa shape index (κ2) is 12.4. The van der Waals surface area contributed by atoms with Crippen molar-refractivity contribution in [2.45, 2.75) is 26.3 Å². The molecule has 0 amide bonds. The largest absolute Gasteiger partial charge is 0.359 e. The molecular formula is C47H37N3. The maximum Gasteiger partial charge on any atom is 0.134 e. The van der Waals surface area contributed by atoms with Crippen LogP contribution in [0.1, 0.15) is 40.8 Å². The number of nitrogens with one attached hydrogen (secondary N) is 1. The average molecular weight is 644 g/mol. The number of aliphatic imine (C=N–C) groups is 1. The number of aryl methyl sites for hydroxylation is 2. The first kappa shape index (κ1) is 29.9. The van der Waals surface area contributed by atoms with Crippen molar-refractivity contribution in [3.63, 3.8) is 0 Å². The lowest BCUT2D eigenvalue weighted by molar-refractivity contribution is 0.781. The summed E-state index contributed by atoms with van der Waals surface area (Å²) in [6.07, 6.45) is 3.19. The van der Waals surface area contributed by atoms with E-state index < -0.39 is 0 Å². The van der Waals surface area contributed by atoms with Gasteiger partial charge >= 0.3 is 0 Å². The summed E-state index contributed by atoms with van der Waals surface area (Å²) < 4.78 is 2.51. The van der Waals surface area contributed by atoms with Gasteiger partial charge in [-0.2, -0.15) is 0 Å². The minimum Gasteiger partial charge on any atom is -0.359 e. The van der Waals surface area contributed by atoms with E-state index in [2.05, 4.69) is 188 Å². The van der Waals surface area contributed by atoms with E-state index >= 15 is 0 Å². The molecule has 7 aromatic carbocycles. The third kappa shape index (κ3) is 4.93. The Hall–Kier alpha value is -6.19. The Kier molecular flexibility index (Phi) is 7.39. The van der Waals surface area contributed by atoms with E-state index in [0.29, 0.717) is 0 Å². The van der Waals surface area contributed by atoms with Crippen molar-refractivity contribution in [2.24, 2.45) is 4.99 Å². The molecule has 1 atom stereocenters. The average Bonchev–Trinajstić information content (AvgIpc) is 3.51. The molecule has 0 saturated carbocycles. The van der Waals surface area contributed by atoms with Crippen LogP contribution in [-0.2, 0) is 6.42 Å². The molecule has 240 valence electrons. The Bertz CT molecular complexity index is 2590. The lowest BCUT2D eigenvalue weighted by Crippen LogP contribution is -2.31. The molecule has 0 saturated heterocycles. The number of benzene rings is 7. The molecule has 2 heterocycles. The molecule has 0 radical (unpaired) electrons. The standard InChI is InChI=1S/C47H37N3/c1-3-32-16-10-11-21-37(32)45-31(2)44-40-24-14-12-22-38(40)39-23-13-15-25-41(39)46(44)50(45)36-28-26-35(27-29-36)47-48-42(33-17-6-4-7-18-33)30-43(49-47)34-19-8-5-9-20-34/h4-30,42H,3H2,1-2H3,(H,48,49). The summed E-state index contributed by atoms with van der Waals surface area (Å²) in [7, 11) is 0. The predicted octanol–water partition coefficient (Wildman–Crippen LogP) is 11.6. The van der Waals surface area contributed by atoms with Crippen molar-refractivity contribution in [3.8, 4) is 16.9 Å². The molecule has 1 unspecified atom stereocenters. The SMILES string of the molecule is CCc1ccccc1-c1c(C)c2c3ccccc3c3ccccc3c2n1-c1ccc(C2=NC(c3ccccc3)=CC(c3ccccc3)N2)cc1. The highest BCUT2D eigenvalue weighted by atomic mass is 15.1. The van der Waals surface area contributed by atoms with Gasteiger partial charge in [0.1, 0.15) is 5.84 Å². The fourth-order valence-corrected chi connectivity index (χ4v) is 7.84. The van der Waals surface area contributed by atoms with Gasteiger partial charge in [0.15, 0.2) is 0 Å². The molecule has 0 aliphatic carbocycles. The molecule has 0 spiro atoms. The fraction of sp³-hybridized carbons (Fsp3) is 0.0851. The van der Waals surface area contributed by atoms with Gasteiger partial charge in [0.05, 0.1) is 22.9 Å². The van der Waals surface area contributed by atoms with Gasteiger partial charge in [-0.3, -0.25) is 0 Å². The zero-order valence-corrected chi connectivity index (χ0v) is 28.3. The predicted molar refractivity (Wildman–Crippen MR) is 211 cm³/mol. The summed E-state index contributed by atoms with van der Waals surface area (Å²) in [5.41, 5.74) is 11.9. The van der Waals surface area contributed by atoms with Crippen LogP contribution in [0, 0.1) is 6.92 Å². The van der Waals surface area contributed by atoms with Crippen LogP contribution in [0.5, 0.6) is 0 Å². The van der Waals surface area contributed by atoms with Gasteiger partial charge < -0.3 is 9.88 Å². The van der Waals surface area contributed by atoms with Crippen LogP contribution in [0.25, 0.3) is 55.1 Å². The first-order valence-electron chi connectivity index (χ1n) is 17.5. The molecule has 3 heteroatoms. The van der Waals surface area contributed by atoms with E-state index in [1.807, 2.05) is 0 Å². The zero-order chi connectivity index (χ0) is 33.6. The number of hydrogen-bond acceptors (Lipinski definition) is 2. The molecule has 1 aliphatic heterocycles. The molecule has 9 rings (SSSR count). The minimum atomic E-state index is 0.00594. The zero-order valence-electron chi connectivity index (χ0n) is 28.3. The van der Waals surface area contributed by atoms with Crippen molar-refractivity contribution in [2.75, 3.05) is 0 Å². The molecule has 0 fully saturated rings. The van der Waals surface area contributed by atoms with Crippen LogP contribution >= 0.6 is 0 Å². The van der Waals surface area contributed by atoms with Gasteiger partial charge in [-0.1, -0.05) is 140 Å². The number of aromatic nitrogens is 1. The van der Waals surface area contributed by atoms with Crippen LogP contribution < -0.4 is 5.32 Å². The summed E-state index contributed by atoms with van der Waals surface area (Å²) >= 11 is 0. The van der Waals surface area contributed by atoms with Crippen molar-refractivity contribution in [1.29, 1.82) is 0 Å². The first-order chi connectivity index (χ1) is 24.7. The number of nitrogens with zero attached hydrogens (tertiary/aromatic N) is 2. The number of rotatable bonds is 6. The van der Waals surface area contributed by atoms with Crippen molar-refractivity contribution in [1.82, 2.24) is 9.88 Å². The maximum atomic E-state index is 5.18. The fourth-order valence-electron chi connectivity index (χ4n) is 7.84. The molecule has 3 nitrogen and oxygen atoms in total. The molecular weight excluding hydrogens is 607 g/mol. The highest BCUT2D eigenvalue weighted by molar-refractivity contribution is 6.27. The van der Waals surface area contributed by atoms with Crippen molar-refractivity contribution >= 4 is 44.0 Å². The summed E-state index contributed by atoms with van der Waals surface area (Å²) in [4.78, 5) is 5.18. The third-order valence-corrected chi connectivity index (χ3v) is 10.2. The van der Waals surface area contributed by atoms with Crippen molar-refractivity contribution in [3.05, 3.63) is 192 Å². The van der Waals surface area contributed by atoms with Crippen LogP contribution in [0.4, 0.5) is 0 Å². The van der Waals surface area contributed by atoms with E-state index in [4.69, 9.17) is 4.99 Å². The van der Waals surface area contributed by atoms with Gasteiger partial charge in [-0.05, 0) is 82.1 Å². The summed E-state index contributed by atoms with van der Waals surface area (Å²) in [5.74, 6) is 0.869. The third-order valence-electron chi connectivity index (χ3n) is 10.2. The molecule has 1 N–H and O–H groups in total. The Morgan fingerprint density at radius 1 is 0.600 bits per heavy atom. The maximum absolute atomic E-state index is 5.18. The van der Waals surface area contributed by atoms with Crippen LogP contribution in [0.15, 0.2) is 169 Å². The van der Waals surface area contributed by atoms with Gasteiger partial charge in [-0.15, -0.1) is 0 Å². The quantitative estimate of drug-likeness (QED) is 0.180. The summed E-state index contributed by atoms with van der Waals surface area (Å²) in [6, 6.07) is 56.7. The van der Waals surface area contributed by atoms with Crippen LogP contribution in [0.2, 0.25) is 0 Å². The second-order valence-corrected chi connectivity index (χ2v) is 13.1. The smallest absolute Gasteiger partial charge is 0.134 e. The normalized spacial score (nSPS) is 14.5. The Morgan fingerprint density at radius 3 is 1.92 bits per heavy atom. The Labute approximate surface area is 292 Å². The van der Waals surface area contributed by atoms with Gasteiger partial charge in [0.2, 0.25) is 0 Å². The number of fused-ring (bicyclic) bond motifs is 6. The monoisotopic (exact) mass is 643 g/mol. The molecule has 0 bridgehead atoms. The summed E-state index contributed by atoms with van der Waals surface area (Å²) in [6.45, 7) is 4.55. The molecule has 50 heavy (non-hydrogen) atoms. The molecule has 1 aliphatic rings. The highest BCUT2D eigenvalue weighted by Gasteiger charge is 2.24. The summed E-state index contributed by atoms with van der Waals surface area (Å²) in [5, 5.41) is 10.2. The van der Waals surface area contributed by atoms with Crippen LogP contribution in [0.3, 0.4) is 0 Å². The lowest BCUT2D eigenvalue weighted by Gasteiger charge is -2.24. The van der Waals surface area contributed by atoms with E-state index in [9.17, 15) is 0 Å². The topological polar surface area (TPSA) is 29.3 Å². The second-order valence-electron chi connectivity index (χ2n) is 13.1. The van der Waals surface area contributed by atoms with E-state index in [1.54, 1.807) is 0 Å².